The molecule has 0 spiro atoms. The van der Waals surface area contributed by atoms with Gasteiger partial charge < -0.3 is 5.32 Å². The van der Waals surface area contributed by atoms with Gasteiger partial charge in [0.1, 0.15) is 0 Å². The van der Waals surface area contributed by atoms with Crippen LogP contribution in [0.4, 0.5) is 0 Å². The summed E-state index contributed by atoms with van der Waals surface area (Å²) in [6, 6.07) is 28.0. The molecule has 1 nitrogen and oxygen atoms in total. The van der Waals surface area contributed by atoms with Crippen LogP contribution >= 0.6 is 0 Å². The first kappa shape index (κ1) is 32.1. The van der Waals surface area contributed by atoms with Crippen LogP contribution in [0.1, 0.15) is 138 Å². The van der Waals surface area contributed by atoms with Crippen LogP contribution < -0.4 is 5.32 Å². The van der Waals surface area contributed by atoms with Gasteiger partial charge in [0.15, 0.2) is 0 Å². The van der Waals surface area contributed by atoms with Crippen molar-refractivity contribution in [2.45, 2.75) is 118 Å². The Balaban J connectivity index is 0.00000198. The van der Waals surface area contributed by atoms with E-state index in [1.807, 2.05) is 13.8 Å². The Hall–Kier alpha value is -2.80. The van der Waals surface area contributed by atoms with E-state index in [0.29, 0.717) is 16.7 Å². The number of nitrogens with one attached hydrogen (secondary N) is 1. The molecular formula is C41H57N. The molecule has 2 aliphatic carbocycles. The summed E-state index contributed by atoms with van der Waals surface area (Å²) in [5.74, 6) is 1.25. The first-order valence-electron chi connectivity index (χ1n) is 16.8. The average Bonchev–Trinajstić information content (AvgIpc) is 3.33. The lowest BCUT2D eigenvalue weighted by atomic mass is 9.63. The Labute approximate surface area is 258 Å². The van der Waals surface area contributed by atoms with E-state index in [0.717, 1.165) is 11.6 Å². The van der Waals surface area contributed by atoms with Crippen molar-refractivity contribution in [1.82, 2.24) is 5.32 Å². The maximum Gasteiger partial charge on any atom is 0.0485 e. The summed E-state index contributed by atoms with van der Waals surface area (Å²) in [6.07, 6.45) is 11.9. The number of rotatable bonds is 9. The van der Waals surface area contributed by atoms with E-state index in [4.69, 9.17) is 0 Å². The Morgan fingerprint density at radius 1 is 0.833 bits per heavy atom. The highest BCUT2D eigenvalue weighted by molar-refractivity contribution is 5.62. The van der Waals surface area contributed by atoms with E-state index in [9.17, 15) is 0 Å². The van der Waals surface area contributed by atoms with Crippen LogP contribution in [0.15, 0.2) is 79.4 Å². The second-order valence-corrected chi connectivity index (χ2v) is 14.2. The molecule has 1 heteroatoms. The highest BCUT2D eigenvalue weighted by Crippen LogP contribution is 2.50. The summed E-state index contributed by atoms with van der Waals surface area (Å²) >= 11 is 0. The van der Waals surface area contributed by atoms with E-state index in [-0.39, 0.29) is 6.04 Å². The van der Waals surface area contributed by atoms with Gasteiger partial charge in [-0.3, -0.25) is 0 Å². The second kappa shape index (κ2) is 14.1. The standard InChI is InChI=1S/C39H51N.C2H6/c1-28-13-15-34(16-14-28)37(39(6)22-8-7-9-23-39)35-19-17-33(18-20-35)29(2)40-30(3)36-12-10-11-31(26-36)25-32-21-24-38(4,5)27-32;1-2/h10-20,26,29,32,37,40H,3,7-9,21-25,27H2,1-2,4-6H3;1-2H3/t29-,32?,37?;/m1./s1. The molecule has 0 aromatic heterocycles. The van der Waals surface area contributed by atoms with E-state index in [1.54, 1.807) is 0 Å². The zero-order valence-corrected chi connectivity index (χ0v) is 27.7. The van der Waals surface area contributed by atoms with Crippen molar-refractivity contribution in [3.8, 4) is 0 Å². The van der Waals surface area contributed by atoms with Gasteiger partial charge >= 0.3 is 0 Å². The summed E-state index contributed by atoms with van der Waals surface area (Å²) in [6.45, 7) is 20.2. The first-order chi connectivity index (χ1) is 20.1. The second-order valence-electron chi connectivity index (χ2n) is 14.2. The lowest BCUT2D eigenvalue weighted by Gasteiger charge is -2.41. The van der Waals surface area contributed by atoms with Crippen molar-refractivity contribution in [1.29, 1.82) is 0 Å². The van der Waals surface area contributed by atoms with Crippen molar-refractivity contribution < 1.29 is 0 Å². The molecule has 1 N–H and O–H groups in total. The highest BCUT2D eigenvalue weighted by atomic mass is 14.9. The predicted molar refractivity (Wildman–Crippen MR) is 184 cm³/mol. The maximum absolute atomic E-state index is 4.44. The molecule has 3 atom stereocenters. The molecule has 0 heterocycles. The summed E-state index contributed by atoms with van der Waals surface area (Å²) in [5, 5.41) is 3.71. The number of aryl methyl sites for hydroxylation is 1. The zero-order chi connectivity index (χ0) is 30.3. The lowest BCUT2D eigenvalue weighted by Crippen LogP contribution is -2.29. The molecule has 0 amide bonds. The van der Waals surface area contributed by atoms with Crippen molar-refractivity contribution in [2.75, 3.05) is 0 Å². The van der Waals surface area contributed by atoms with Gasteiger partial charge in [0.2, 0.25) is 0 Å². The molecular weight excluding hydrogens is 506 g/mol. The molecule has 3 aromatic rings. The number of benzene rings is 3. The fourth-order valence-electron chi connectivity index (χ4n) is 7.78. The largest absolute Gasteiger partial charge is 0.379 e. The van der Waals surface area contributed by atoms with Crippen LogP contribution in [0.5, 0.6) is 0 Å². The smallest absolute Gasteiger partial charge is 0.0485 e. The van der Waals surface area contributed by atoms with Crippen LogP contribution in [0.2, 0.25) is 0 Å². The number of hydrogen-bond donors (Lipinski definition) is 1. The predicted octanol–water partition coefficient (Wildman–Crippen LogP) is 11.8. The minimum absolute atomic E-state index is 0.198. The van der Waals surface area contributed by atoms with Gasteiger partial charge in [-0.1, -0.05) is 133 Å². The third kappa shape index (κ3) is 7.97. The Morgan fingerprint density at radius 3 is 2.02 bits per heavy atom. The van der Waals surface area contributed by atoms with Crippen LogP contribution in [-0.4, -0.2) is 0 Å². The monoisotopic (exact) mass is 563 g/mol. The molecule has 42 heavy (non-hydrogen) atoms. The lowest BCUT2D eigenvalue weighted by molar-refractivity contribution is 0.187. The third-order valence-corrected chi connectivity index (χ3v) is 10.1. The van der Waals surface area contributed by atoms with E-state index in [2.05, 4.69) is 119 Å². The van der Waals surface area contributed by atoms with Crippen LogP contribution in [0, 0.1) is 23.7 Å². The fourth-order valence-corrected chi connectivity index (χ4v) is 7.78. The minimum Gasteiger partial charge on any atom is -0.379 e. The van der Waals surface area contributed by atoms with Gasteiger partial charge in [-0.25, -0.2) is 0 Å². The van der Waals surface area contributed by atoms with Gasteiger partial charge in [-0.05, 0) is 103 Å². The zero-order valence-electron chi connectivity index (χ0n) is 27.7. The SMILES string of the molecule is C=C(N[C@H](C)c1ccc(C(c2ccc(C)cc2)C2(C)CCCCC2)cc1)c1cccc(CC2CCC(C)(C)C2)c1.CC. The van der Waals surface area contributed by atoms with Crippen LogP contribution in [0.3, 0.4) is 0 Å². The molecule has 0 saturated heterocycles. The molecule has 0 radical (unpaired) electrons. The molecule has 2 unspecified atom stereocenters. The molecule has 5 rings (SSSR count). The maximum atomic E-state index is 4.44. The van der Waals surface area contributed by atoms with E-state index >= 15 is 0 Å². The summed E-state index contributed by atoms with van der Waals surface area (Å²) in [5.41, 5.74) is 10.0. The summed E-state index contributed by atoms with van der Waals surface area (Å²) in [7, 11) is 0. The molecule has 226 valence electrons. The van der Waals surface area contributed by atoms with Gasteiger partial charge in [0.25, 0.3) is 0 Å². The van der Waals surface area contributed by atoms with Crippen molar-refractivity contribution in [3.63, 3.8) is 0 Å². The van der Waals surface area contributed by atoms with Gasteiger partial charge in [-0.2, -0.15) is 0 Å². The summed E-state index contributed by atoms with van der Waals surface area (Å²) < 4.78 is 0. The van der Waals surface area contributed by atoms with Crippen LogP contribution in [0.25, 0.3) is 5.70 Å². The van der Waals surface area contributed by atoms with Gasteiger partial charge in [-0.15, -0.1) is 0 Å². The van der Waals surface area contributed by atoms with Crippen LogP contribution in [-0.2, 0) is 6.42 Å². The van der Waals surface area contributed by atoms with Gasteiger partial charge in [0.05, 0.1) is 0 Å². The molecule has 3 aromatic carbocycles. The molecule has 2 aliphatic rings. The molecule has 0 bridgehead atoms. The topological polar surface area (TPSA) is 12.0 Å². The quantitative estimate of drug-likeness (QED) is 0.273. The molecule has 2 fully saturated rings. The summed E-state index contributed by atoms with van der Waals surface area (Å²) in [4.78, 5) is 0. The van der Waals surface area contributed by atoms with Crippen molar-refractivity contribution >= 4 is 5.70 Å². The average molecular weight is 564 g/mol. The first-order valence-corrected chi connectivity index (χ1v) is 16.8. The Morgan fingerprint density at radius 2 is 1.43 bits per heavy atom. The van der Waals surface area contributed by atoms with Gasteiger partial charge in [0, 0.05) is 17.7 Å². The normalized spacial score (nSPS) is 20.6. The molecule has 0 aliphatic heterocycles. The van der Waals surface area contributed by atoms with E-state index < -0.39 is 0 Å². The van der Waals surface area contributed by atoms with E-state index in [1.165, 1.54) is 91.2 Å². The highest BCUT2D eigenvalue weighted by Gasteiger charge is 2.37. The number of hydrogen-bond acceptors (Lipinski definition) is 1. The fraction of sp³-hybridized carbons (Fsp3) is 0.512. The Kier molecular flexibility index (Phi) is 10.8. The third-order valence-electron chi connectivity index (χ3n) is 10.1. The Bertz CT molecular complexity index is 1270. The molecule has 2 saturated carbocycles. The van der Waals surface area contributed by atoms with Crippen molar-refractivity contribution in [3.05, 3.63) is 113 Å². The minimum atomic E-state index is 0.198. The van der Waals surface area contributed by atoms with Crippen molar-refractivity contribution in [2.24, 2.45) is 16.7 Å².